The molecule has 1 aliphatic carbocycles. The molecule has 39 heavy (non-hydrogen) atoms. The molecular formula is C29H34FN5O3S. The lowest BCUT2D eigenvalue weighted by Crippen LogP contribution is -2.50. The van der Waals surface area contributed by atoms with E-state index in [1.165, 1.54) is 18.4 Å². The second kappa shape index (κ2) is 11.9. The van der Waals surface area contributed by atoms with Crippen LogP contribution in [0.15, 0.2) is 53.7 Å². The zero-order valence-corrected chi connectivity index (χ0v) is 23.3. The van der Waals surface area contributed by atoms with Crippen LogP contribution in [0.5, 0.6) is 5.75 Å². The molecular weight excluding hydrogens is 517 g/mol. The summed E-state index contributed by atoms with van der Waals surface area (Å²) in [6.07, 6.45) is 5.83. The maximum absolute atomic E-state index is 14.1. The number of amides is 1. The molecule has 206 valence electrons. The number of rotatable bonds is 9. The first-order valence-corrected chi connectivity index (χ1v) is 14.8. The van der Waals surface area contributed by atoms with E-state index in [0.29, 0.717) is 53.1 Å². The summed E-state index contributed by atoms with van der Waals surface area (Å²) >= 11 is 0. The summed E-state index contributed by atoms with van der Waals surface area (Å²) in [5, 5.41) is 5.67. The maximum Gasteiger partial charge on any atom is 0.257 e. The average molecular weight is 552 g/mol. The van der Waals surface area contributed by atoms with E-state index in [9.17, 15) is 13.4 Å². The topological polar surface area (TPSA) is 96.5 Å². The van der Waals surface area contributed by atoms with Crippen LogP contribution in [0, 0.1) is 13.8 Å². The summed E-state index contributed by atoms with van der Waals surface area (Å²) in [5.74, 6) is 1.14. The minimum atomic E-state index is -1.44. The van der Waals surface area contributed by atoms with E-state index in [2.05, 4.69) is 21.7 Å². The molecule has 2 fully saturated rings. The molecule has 8 nitrogen and oxygen atoms in total. The van der Waals surface area contributed by atoms with Gasteiger partial charge in [0.1, 0.15) is 11.6 Å². The first-order valence-electron chi connectivity index (χ1n) is 13.2. The van der Waals surface area contributed by atoms with Crippen LogP contribution < -0.4 is 15.4 Å². The molecule has 1 aromatic carbocycles. The molecule has 1 saturated carbocycles. The normalized spacial score (nSPS) is 19.3. The summed E-state index contributed by atoms with van der Waals surface area (Å²) in [6.45, 7) is 5.58. The van der Waals surface area contributed by atoms with Crippen LogP contribution in [-0.2, 0) is 10.8 Å². The van der Waals surface area contributed by atoms with Crippen molar-refractivity contribution in [2.75, 3.05) is 37.8 Å². The highest BCUT2D eigenvalue weighted by molar-refractivity contribution is 7.84. The zero-order chi connectivity index (χ0) is 27.5. The van der Waals surface area contributed by atoms with Gasteiger partial charge in [0.25, 0.3) is 5.91 Å². The number of hydrogen-bond donors (Lipinski definition) is 2. The van der Waals surface area contributed by atoms with E-state index in [-0.39, 0.29) is 12.5 Å². The van der Waals surface area contributed by atoms with Gasteiger partial charge >= 0.3 is 0 Å². The third-order valence-corrected chi connectivity index (χ3v) is 8.12. The van der Waals surface area contributed by atoms with Gasteiger partial charge in [-0.1, -0.05) is 12.1 Å². The fraction of sp³-hybridized carbons (Fsp3) is 0.414. The Morgan fingerprint density at radius 3 is 2.72 bits per heavy atom. The number of aromatic nitrogens is 2. The molecule has 1 saturated heterocycles. The van der Waals surface area contributed by atoms with Crippen LogP contribution in [0.2, 0.25) is 0 Å². The number of alkyl halides is 1. The Kier molecular flexibility index (Phi) is 8.34. The lowest BCUT2D eigenvalue weighted by molar-refractivity contribution is 0.0754. The standard InChI is InChI=1S/C29H34FN5O3S/c1-18-5-4-10-32-28(18)34-29(36)22-14-26(39(3)37)24(13-19(22)2)38-25(16-35-12-11-31-27(30)17-35)23-9-8-21(15-33-23)20-6-7-20/h4-5,8-10,13-15,20,25,27,31H,6-7,11-12,16-17H2,1-3H3,(H,32,34,36)/t25-,27+,39?/m1/s1. The minimum Gasteiger partial charge on any atom is -0.481 e. The van der Waals surface area contributed by atoms with E-state index in [0.717, 1.165) is 11.3 Å². The summed E-state index contributed by atoms with van der Waals surface area (Å²) in [6, 6.07) is 11.1. The maximum atomic E-state index is 14.1. The van der Waals surface area contributed by atoms with Gasteiger partial charge in [-0.3, -0.25) is 24.2 Å². The van der Waals surface area contributed by atoms with Crippen molar-refractivity contribution in [1.29, 1.82) is 0 Å². The molecule has 2 aromatic heterocycles. The number of hydrogen-bond acceptors (Lipinski definition) is 7. The molecule has 2 aliphatic rings. The van der Waals surface area contributed by atoms with Crippen LogP contribution >= 0.6 is 0 Å². The molecule has 3 aromatic rings. The minimum absolute atomic E-state index is 0.248. The monoisotopic (exact) mass is 551 g/mol. The molecule has 0 spiro atoms. The molecule has 1 amide bonds. The van der Waals surface area contributed by atoms with E-state index in [1.54, 1.807) is 30.7 Å². The van der Waals surface area contributed by atoms with Crippen LogP contribution in [-0.4, -0.2) is 63.7 Å². The Morgan fingerprint density at radius 1 is 1.23 bits per heavy atom. The first-order chi connectivity index (χ1) is 18.8. The summed E-state index contributed by atoms with van der Waals surface area (Å²) in [7, 11) is -1.44. The smallest absolute Gasteiger partial charge is 0.257 e. The number of nitrogens with zero attached hydrogens (tertiary/aromatic N) is 3. The van der Waals surface area contributed by atoms with Crippen molar-refractivity contribution in [3.63, 3.8) is 0 Å². The van der Waals surface area contributed by atoms with E-state index < -0.39 is 23.2 Å². The predicted octanol–water partition coefficient (Wildman–Crippen LogP) is 4.28. The number of benzene rings is 1. The Labute approximate surface area is 230 Å². The Bertz CT molecular complexity index is 1370. The average Bonchev–Trinajstić information content (AvgIpc) is 3.75. The van der Waals surface area contributed by atoms with Gasteiger partial charge < -0.3 is 10.1 Å². The van der Waals surface area contributed by atoms with Crippen molar-refractivity contribution in [3.05, 3.63) is 76.7 Å². The highest BCUT2D eigenvalue weighted by Gasteiger charge is 2.28. The molecule has 10 heteroatoms. The third kappa shape index (κ3) is 6.69. The van der Waals surface area contributed by atoms with Gasteiger partial charge in [-0.2, -0.15) is 0 Å². The second-order valence-electron chi connectivity index (χ2n) is 10.3. The second-order valence-corrected chi connectivity index (χ2v) is 11.6. The number of carbonyl (C=O) groups excluding carboxylic acids is 1. The highest BCUT2D eigenvalue weighted by Crippen LogP contribution is 2.40. The van der Waals surface area contributed by atoms with Gasteiger partial charge in [0.05, 0.1) is 21.4 Å². The number of carbonyl (C=O) groups is 1. The van der Waals surface area contributed by atoms with E-state index >= 15 is 0 Å². The predicted molar refractivity (Wildman–Crippen MR) is 149 cm³/mol. The van der Waals surface area contributed by atoms with Gasteiger partial charge in [0.15, 0.2) is 12.4 Å². The summed E-state index contributed by atoms with van der Waals surface area (Å²) in [4.78, 5) is 24.5. The Balaban J connectivity index is 1.43. The van der Waals surface area contributed by atoms with Crippen LogP contribution in [0.25, 0.3) is 0 Å². The quantitative estimate of drug-likeness (QED) is 0.383. The lowest BCUT2D eigenvalue weighted by atomic mass is 10.1. The Hall–Kier alpha value is -3.21. The van der Waals surface area contributed by atoms with Crippen molar-refractivity contribution in [1.82, 2.24) is 20.2 Å². The summed E-state index contributed by atoms with van der Waals surface area (Å²) < 4.78 is 33.5. The molecule has 1 unspecified atom stereocenters. The molecule has 3 heterocycles. The van der Waals surface area contributed by atoms with E-state index in [4.69, 9.17) is 9.72 Å². The molecule has 2 N–H and O–H groups in total. The van der Waals surface area contributed by atoms with Crippen molar-refractivity contribution < 1.29 is 18.1 Å². The third-order valence-electron chi connectivity index (χ3n) is 7.18. The number of halogens is 1. The number of piperazine rings is 1. The molecule has 1 aliphatic heterocycles. The highest BCUT2D eigenvalue weighted by atomic mass is 32.2. The number of anilines is 1. The van der Waals surface area contributed by atoms with Crippen LogP contribution in [0.3, 0.4) is 0 Å². The number of nitrogens with one attached hydrogen (secondary N) is 2. The van der Waals surface area contributed by atoms with Crippen molar-refractivity contribution in [2.45, 2.75) is 49.9 Å². The first kappa shape index (κ1) is 27.4. The molecule has 0 bridgehead atoms. The molecule has 0 radical (unpaired) electrons. The largest absolute Gasteiger partial charge is 0.481 e. The fourth-order valence-corrected chi connectivity index (χ4v) is 5.46. The van der Waals surface area contributed by atoms with Crippen molar-refractivity contribution in [3.8, 4) is 5.75 Å². The number of pyridine rings is 2. The summed E-state index contributed by atoms with van der Waals surface area (Å²) in [5.41, 5.74) is 3.85. The zero-order valence-electron chi connectivity index (χ0n) is 22.4. The van der Waals surface area contributed by atoms with Crippen molar-refractivity contribution >= 4 is 22.5 Å². The van der Waals surface area contributed by atoms with Gasteiger partial charge in [-0.05, 0) is 73.6 Å². The lowest BCUT2D eigenvalue weighted by Gasteiger charge is -2.33. The van der Waals surface area contributed by atoms with Crippen LogP contribution in [0.1, 0.15) is 57.6 Å². The van der Waals surface area contributed by atoms with Gasteiger partial charge in [-0.15, -0.1) is 0 Å². The van der Waals surface area contributed by atoms with Gasteiger partial charge in [0.2, 0.25) is 0 Å². The molecule has 5 rings (SSSR count). The Morgan fingerprint density at radius 2 is 2.05 bits per heavy atom. The number of aryl methyl sites for hydroxylation is 2. The van der Waals surface area contributed by atoms with Gasteiger partial charge in [0, 0.05) is 50.4 Å². The fourth-order valence-electron chi connectivity index (χ4n) is 4.79. The van der Waals surface area contributed by atoms with E-state index in [1.807, 2.05) is 37.1 Å². The van der Waals surface area contributed by atoms with Crippen LogP contribution in [0.4, 0.5) is 10.2 Å². The SMILES string of the molecule is Cc1cc(O[C@H](CN2CCN[C@H](F)C2)c2ccc(C3CC3)cn2)c(S(C)=O)cc1C(=O)Nc1ncccc1C. The van der Waals surface area contributed by atoms with Gasteiger partial charge in [-0.25, -0.2) is 9.37 Å². The number of ether oxygens (including phenoxy) is 1. The van der Waals surface area contributed by atoms with Crippen molar-refractivity contribution in [2.24, 2.45) is 0 Å². The molecule has 3 atom stereocenters.